The van der Waals surface area contributed by atoms with E-state index in [1.807, 2.05) is 26.0 Å². The molecule has 0 unspecified atom stereocenters. The summed E-state index contributed by atoms with van der Waals surface area (Å²) in [5.74, 6) is 0.184. The van der Waals surface area contributed by atoms with Gasteiger partial charge < -0.3 is 0 Å². The molecular formula is C15H14N2O3S. The number of ketones is 1. The van der Waals surface area contributed by atoms with Crippen molar-refractivity contribution >= 4 is 23.2 Å². The molecule has 0 amide bonds. The van der Waals surface area contributed by atoms with E-state index in [-0.39, 0.29) is 17.2 Å². The highest BCUT2D eigenvalue weighted by atomic mass is 32.2. The average Bonchev–Trinajstić information content (AvgIpc) is 2.44. The number of carbonyl (C=O) groups is 1. The van der Waals surface area contributed by atoms with Crippen LogP contribution in [-0.2, 0) is 0 Å². The van der Waals surface area contributed by atoms with Crippen LogP contribution in [0, 0.1) is 24.0 Å². The zero-order chi connectivity index (χ0) is 15.4. The number of pyridine rings is 1. The molecule has 108 valence electrons. The summed E-state index contributed by atoms with van der Waals surface area (Å²) in [6.45, 7) is 3.89. The molecule has 0 N–H and O–H groups in total. The second kappa shape index (κ2) is 6.49. The molecule has 1 aromatic carbocycles. The molecule has 0 aliphatic rings. The minimum atomic E-state index is -0.484. The third-order valence-corrected chi connectivity index (χ3v) is 3.74. The van der Waals surface area contributed by atoms with Gasteiger partial charge in [-0.1, -0.05) is 11.8 Å². The molecule has 2 aromatic rings. The van der Waals surface area contributed by atoms with Crippen LogP contribution in [0.15, 0.2) is 41.4 Å². The molecule has 0 bridgehead atoms. The molecule has 0 aliphatic carbocycles. The van der Waals surface area contributed by atoms with E-state index < -0.39 is 4.92 Å². The van der Waals surface area contributed by atoms with Gasteiger partial charge in [-0.05, 0) is 43.7 Å². The molecule has 1 aromatic heterocycles. The predicted octanol–water partition coefficient (Wildman–Crippen LogP) is 3.58. The average molecular weight is 302 g/mol. The Balaban J connectivity index is 2.02. The Morgan fingerprint density at radius 3 is 2.48 bits per heavy atom. The molecule has 0 saturated heterocycles. The molecule has 0 saturated carbocycles. The number of aryl methyl sites for hydroxylation is 2. The van der Waals surface area contributed by atoms with Crippen LogP contribution in [0.25, 0.3) is 0 Å². The Bertz CT molecular complexity index is 664. The summed E-state index contributed by atoms with van der Waals surface area (Å²) in [7, 11) is 0. The first kappa shape index (κ1) is 15.2. The molecule has 6 heteroatoms. The van der Waals surface area contributed by atoms with Gasteiger partial charge in [-0.2, -0.15) is 0 Å². The first-order valence-electron chi connectivity index (χ1n) is 6.31. The molecule has 0 atom stereocenters. The van der Waals surface area contributed by atoms with Crippen LogP contribution >= 0.6 is 11.8 Å². The number of hydrogen-bond donors (Lipinski definition) is 0. The van der Waals surface area contributed by atoms with Crippen molar-refractivity contribution in [2.75, 3.05) is 5.75 Å². The largest absolute Gasteiger partial charge is 0.293 e. The first-order valence-corrected chi connectivity index (χ1v) is 7.30. The van der Waals surface area contributed by atoms with Gasteiger partial charge in [-0.3, -0.25) is 14.9 Å². The van der Waals surface area contributed by atoms with Gasteiger partial charge in [-0.15, -0.1) is 0 Å². The highest BCUT2D eigenvalue weighted by Crippen LogP contribution is 2.20. The number of nitro groups is 1. The second-order valence-electron chi connectivity index (χ2n) is 4.64. The van der Waals surface area contributed by atoms with E-state index in [4.69, 9.17) is 0 Å². The fraction of sp³-hybridized carbons (Fsp3) is 0.200. The number of non-ortho nitro benzene ring substituents is 1. The zero-order valence-corrected chi connectivity index (χ0v) is 12.5. The monoisotopic (exact) mass is 302 g/mol. The lowest BCUT2D eigenvalue weighted by Crippen LogP contribution is -2.03. The van der Waals surface area contributed by atoms with E-state index >= 15 is 0 Å². The maximum Gasteiger partial charge on any atom is 0.269 e. The van der Waals surface area contributed by atoms with Crippen molar-refractivity contribution in [3.05, 3.63) is 63.3 Å². The Labute approximate surface area is 126 Å². The van der Waals surface area contributed by atoms with Crippen LogP contribution in [0.1, 0.15) is 21.6 Å². The van der Waals surface area contributed by atoms with E-state index in [9.17, 15) is 14.9 Å². The minimum Gasteiger partial charge on any atom is -0.293 e. The van der Waals surface area contributed by atoms with Crippen molar-refractivity contribution in [2.24, 2.45) is 0 Å². The van der Waals surface area contributed by atoms with Crippen LogP contribution in [0.2, 0.25) is 0 Å². The number of benzene rings is 1. The van der Waals surface area contributed by atoms with Gasteiger partial charge in [0.25, 0.3) is 5.69 Å². The molecule has 1 heterocycles. The third-order valence-electron chi connectivity index (χ3n) is 2.83. The predicted molar refractivity (Wildman–Crippen MR) is 81.9 cm³/mol. The van der Waals surface area contributed by atoms with E-state index in [0.717, 1.165) is 16.3 Å². The van der Waals surface area contributed by atoms with Crippen molar-refractivity contribution in [3.8, 4) is 0 Å². The lowest BCUT2D eigenvalue weighted by molar-refractivity contribution is -0.384. The van der Waals surface area contributed by atoms with Crippen LogP contribution in [-0.4, -0.2) is 21.4 Å². The highest BCUT2D eigenvalue weighted by molar-refractivity contribution is 7.99. The Kier molecular flexibility index (Phi) is 4.70. The number of nitrogens with zero attached hydrogens (tertiary/aromatic N) is 2. The zero-order valence-electron chi connectivity index (χ0n) is 11.7. The smallest absolute Gasteiger partial charge is 0.269 e. The second-order valence-corrected chi connectivity index (χ2v) is 5.64. The summed E-state index contributed by atoms with van der Waals surface area (Å²) in [5, 5.41) is 11.4. The summed E-state index contributed by atoms with van der Waals surface area (Å²) < 4.78 is 0. The number of nitro benzene ring substituents is 1. The SMILES string of the molecule is Cc1cc(C)nc(SCC(=O)c2ccc([N+](=O)[O-])cc2)c1. The molecule has 5 nitrogen and oxygen atoms in total. The fourth-order valence-corrected chi connectivity index (χ4v) is 2.79. The fourth-order valence-electron chi connectivity index (χ4n) is 1.87. The summed E-state index contributed by atoms with van der Waals surface area (Å²) in [4.78, 5) is 26.5. The standard InChI is InChI=1S/C15H14N2O3S/c1-10-7-11(2)16-15(8-10)21-9-14(18)12-3-5-13(6-4-12)17(19)20/h3-8H,9H2,1-2H3. The van der Waals surface area contributed by atoms with E-state index in [2.05, 4.69) is 4.98 Å². The van der Waals surface area contributed by atoms with E-state index in [1.54, 1.807) is 0 Å². The molecule has 0 aliphatic heterocycles. The van der Waals surface area contributed by atoms with Gasteiger partial charge >= 0.3 is 0 Å². The Morgan fingerprint density at radius 1 is 1.24 bits per heavy atom. The minimum absolute atomic E-state index is 0.0184. The molecule has 0 radical (unpaired) electrons. The van der Waals surface area contributed by atoms with Crippen molar-refractivity contribution in [3.63, 3.8) is 0 Å². The van der Waals surface area contributed by atoms with Crippen LogP contribution in [0.4, 0.5) is 5.69 Å². The Hall–Kier alpha value is -2.21. The number of rotatable bonds is 5. The quantitative estimate of drug-likeness (QED) is 0.365. The van der Waals surface area contributed by atoms with Crippen molar-refractivity contribution in [2.45, 2.75) is 18.9 Å². The first-order chi connectivity index (χ1) is 9.95. The summed E-state index contributed by atoms with van der Waals surface area (Å²) >= 11 is 1.37. The van der Waals surface area contributed by atoms with Gasteiger partial charge in [0.15, 0.2) is 5.78 Å². The van der Waals surface area contributed by atoms with Gasteiger partial charge in [0, 0.05) is 23.4 Å². The van der Waals surface area contributed by atoms with Gasteiger partial charge in [0.2, 0.25) is 0 Å². The van der Waals surface area contributed by atoms with Gasteiger partial charge in [-0.25, -0.2) is 4.98 Å². The maximum atomic E-state index is 12.1. The van der Waals surface area contributed by atoms with E-state index in [1.165, 1.54) is 36.0 Å². The highest BCUT2D eigenvalue weighted by Gasteiger charge is 2.10. The van der Waals surface area contributed by atoms with Crippen LogP contribution in [0.3, 0.4) is 0 Å². The van der Waals surface area contributed by atoms with Crippen molar-refractivity contribution in [1.82, 2.24) is 4.98 Å². The summed E-state index contributed by atoms with van der Waals surface area (Å²) in [5.41, 5.74) is 2.47. The van der Waals surface area contributed by atoms with Crippen molar-refractivity contribution < 1.29 is 9.72 Å². The molecular weight excluding hydrogens is 288 g/mol. The Morgan fingerprint density at radius 2 is 1.90 bits per heavy atom. The number of carbonyl (C=O) groups excluding carboxylic acids is 1. The summed E-state index contributed by atoms with van der Waals surface area (Å²) in [6, 6.07) is 9.55. The third kappa shape index (κ3) is 4.13. The molecule has 0 spiro atoms. The van der Waals surface area contributed by atoms with Crippen molar-refractivity contribution in [1.29, 1.82) is 0 Å². The summed E-state index contributed by atoms with van der Waals surface area (Å²) in [6.07, 6.45) is 0. The maximum absolute atomic E-state index is 12.1. The van der Waals surface area contributed by atoms with Gasteiger partial charge in [0.1, 0.15) is 0 Å². The van der Waals surface area contributed by atoms with Crippen LogP contribution in [0.5, 0.6) is 0 Å². The molecule has 21 heavy (non-hydrogen) atoms. The van der Waals surface area contributed by atoms with Crippen LogP contribution < -0.4 is 0 Å². The molecule has 2 rings (SSSR count). The van der Waals surface area contributed by atoms with E-state index in [0.29, 0.717) is 5.56 Å². The lowest BCUT2D eigenvalue weighted by Gasteiger charge is -2.04. The number of thioether (sulfide) groups is 1. The number of Topliss-reactive ketones (excluding diaryl/α,β-unsaturated/α-hetero) is 1. The molecule has 0 fully saturated rings. The lowest BCUT2D eigenvalue weighted by atomic mass is 10.1. The topological polar surface area (TPSA) is 73.1 Å². The number of aromatic nitrogens is 1. The number of hydrogen-bond acceptors (Lipinski definition) is 5. The van der Waals surface area contributed by atoms with Gasteiger partial charge in [0.05, 0.1) is 15.7 Å². The normalized spacial score (nSPS) is 10.4.